The van der Waals surface area contributed by atoms with Gasteiger partial charge in [0.2, 0.25) is 17.7 Å². The highest BCUT2D eigenvalue weighted by Crippen LogP contribution is 2.38. The van der Waals surface area contributed by atoms with Crippen molar-refractivity contribution in [1.82, 2.24) is 24.7 Å². The van der Waals surface area contributed by atoms with E-state index in [1.54, 1.807) is 0 Å². The Labute approximate surface area is 301 Å². The summed E-state index contributed by atoms with van der Waals surface area (Å²) >= 11 is 0. The fraction of sp³-hybridized carbons (Fsp3) is 0.500. The number of aromatic nitrogens is 2. The van der Waals surface area contributed by atoms with Gasteiger partial charge in [-0.05, 0) is 11.1 Å². The number of ether oxygens (including phenoxy) is 5. The molecule has 3 aliphatic rings. The van der Waals surface area contributed by atoms with Gasteiger partial charge in [-0.25, -0.2) is 0 Å². The summed E-state index contributed by atoms with van der Waals surface area (Å²) in [6, 6.07) is 20.3. The van der Waals surface area contributed by atoms with Crippen LogP contribution in [0.5, 0.6) is 17.8 Å². The Morgan fingerprint density at radius 2 is 1.50 bits per heavy atom. The van der Waals surface area contributed by atoms with E-state index in [0.29, 0.717) is 45.9 Å². The van der Waals surface area contributed by atoms with Gasteiger partial charge in [0.25, 0.3) is 0 Å². The fourth-order valence-electron chi connectivity index (χ4n) is 7.00. The first kappa shape index (κ1) is 39.4. The van der Waals surface area contributed by atoms with Crippen LogP contribution in [0.3, 0.4) is 0 Å². The quantitative estimate of drug-likeness (QED) is 0.297. The minimum atomic E-state index is -4.58. The molecular weight excluding hydrogens is 702 g/mol. The van der Waals surface area contributed by atoms with E-state index in [4.69, 9.17) is 23.7 Å². The summed E-state index contributed by atoms with van der Waals surface area (Å²) in [4.78, 5) is 28.5. The van der Waals surface area contributed by atoms with Crippen molar-refractivity contribution < 1.29 is 41.7 Å². The summed E-state index contributed by atoms with van der Waals surface area (Å²) in [6.07, 6.45) is -4.58. The lowest BCUT2D eigenvalue weighted by Crippen LogP contribution is -2.67. The van der Waals surface area contributed by atoms with Gasteiger partial charge in [-0.15, -0.1) is 24.8 Å². The molecule has 11 nitrogen and oxygen atoms in total. The van der Waals surface area contributed by atoms with Gasteiger partial charge in [0.15, 0.2) is 6.61 Å². The van der Waals surface area contributed by atoms with E-state index in [9.17, 15) is 18.0 Å². The lowest BCUT2D eigenvalue weighted by atomic mass is 9.81. The molecule has 0 N–H and O–H groups in total. The summed E-state index contributed by atoms with van der Waals surface area (Å²) in [5.41, 5.74) is 2.57. The molecule has 16 heteroatoms. The van der Waals surface area contributed by atoms with Gasteiger partial charge in [0.05, 0.1) is 38.9 Å². The third kappa shape index (κ3) is 9.28. The normalized spacial score (nSPS) is 20.3. The number of methoxy groups -OCH3 is 2. The van der Waals surface area contributed by atoms with Crippen molar-refractivity contribution in [2.45, 2.75) is 30.7 Å². The summed E-state index contributed by atoms with van der Waals surface area (Å²) < 4.78 is 66.6. The summed E-state index contributed by atoms with van der Waals surface area (Å²) in [6.45, 7) is 2.24. The molecule has 1 unspecified atom stereocenters. The molecule has 0 bridgehead atoms. The number of nitrogens with zero attached hydrogens (tertiary/aromatic N) is 5. The first-order valence-electron chi connectivity index (χ1n) is 15.9. The highest BCUT2D eigenvalue weighted by atomic mass is 35.5. The van der Waals surface area contributed by atoms with Crippen molar-refractivity contribution in [1.29, 1.82) is 0 Å². The molecule has 1 aromatic heterocycles. The van der Waals surface area contributed by atoms with Crippen LogP contribution in [0.15, 0.2) is 60.7 Å². The Morgan fingerprint density at radius 1 is 0.880 bits per heavy atom. The summed E-state index contributed by atoms with van der Waals surface area (Å²) in [5.74, 6) is -0.584. The van der Waals surface area contributed by atoms with Crippen molar-refractivity contribution in [2.24, 2.45) is 5.92 Å². The Balaban J connectivity index is 0.00000281. The van der Waals surface area contributed by atoms with Crippen molar-refractivity contribution in [3.05, 3.63) is 77.4 Å². The number of hydrogen-bond acceptors (Lipinski definition) is 10. The molecular formula is C34H42Cl2F3N5O6. The van der Waals surface area contributed by atoms with Crippen molar-refractivity contribution in [3.63, 3.8) is 0 Å². The second-order valence-electron chi connectivity index (χ2n) is 12.2. The molecule has 3 aromatic rings. The molecule has 3 saturated heterocycles. The zero-order valence-electron chi connectivity index (χ0n) is 27.8. The maximum Gasteiger partial charge on any atom is 0.422 e. The zero-order chi connectivity index (χ0) is 33.7. The first-order chi connectivity index (χ1) is 23.2. The smallest absolute Gasteiger partial charge is 0.422 e. The number of rotatable bonds is 10. The molecule has 4 heterocycles. The highest BCUT2D eigenvalue weighted by Gasteiger charge is 2.44. The molecule has 0 aliphatic carbocycles. The third-order valence-corrected chi connectivity index (χ3v) is 9.08. The van der Waals surface area contributed by atoms with Gasteiger partial charge in [-0.3, -0.25) is 14.6 Å². The van der Waals surface area contributed by atoms with E-state index in [-0.39, 0.29) is 91.3 Å². The summed E-state index contributed by atoms with van der Waals surface area (Å²) in [5, 5.41) is 0. The van der Waals surface area contributed by atoms with Crippen LogP contribution in [-0.4, -0.2) is 122 Å². The van der Waals surface area contributed by atoms with Gasteiger partial charge in [-0.2, -0.15) is 23.1 Å². The number of piperazine rings is 2. The monoisotopic (exact) mass is 743 g/mol. The van der Waals surface area contributed by atoms with E-state index in [1.807, 2.05) is 41.3 Å². The van der Waals surface area contributed by atoms with Crippen LogP contribution in [0, 0.1) is 5.92 Å². The van der Waals surface area contributed by atoms with Crippen LogP contribution in [0.4, 0.5) is 13.2 Å². The second kappa shape index (κ2) is 17.7. The van der Waals surface area contributed by atoms with E-state index >= 15 is 0 Å². The number of alkyl halides is 3. The SMILES string of the molecule is COc1nc(OC)c(CN2CC(C(c3ccccc3)c3ccccc3)N3CCN(C(=O)C4COCOC4)C[C@H]3C2)c(OCC(F)(F)F)n1.Cl.Cl. The van der Waals surface area contributed by atoms with Gasteiger partial charge in [0.1, 0.15) is 6.79 Å². The van der Waals surface area contributed by atoms with Gasteiger partial charge >= 0.3 is 12.2 Å². The Morgan fingerprint density at radius 3 is 2.08 bits per heavy atom. The molecule has 6 rings (SSSR count). The minimum Gasteiger partial charge on any atom is -0.481 e. The number of benzene rings is 2. The molecule has 2 atom stereocenters. The lowest BCUT2D eigenvalue weighted by molar-refractivity contribution is -0.164. The highest BCUT2D eigenvalue weighted by molar-refractivity contribution is 5.85. The van der Waals surface area contributed by atoms with Crippen LogP contribution >= 0.6 is 24.8 Å². The average molecular weight is 745 g/mol. The van der Waals surface area contributed by atoms with Crippen LogP contribution in [0.2, 0.25) is 0 Å². The molecule has 3 fully saturated rings. The number of carbonyl (C=O) groups is 1. The number of hydrogen-bond donors (Lipinski definition) is 0. The predicted octanol–water partition coefficient (Wildman–Crippen LogP) is 4.43. The van der Waals surface area contributed by atoms with E-state index in [2.05, 4.69) is 44.0 Å². The van der Waals surface area contributed by atoms with Crippen molar-refractivity contribution in [3.8, 4) is 17.8 Å². The molecule has 0 spiro atoms. The Hall–Kier alpha value is -3.40. The topological polar surface area (TPSA) is 98.7 Å². The van der Waals surface area contributed by atoms with Gasteiger partial charge < -0.3 is 28.6 Å². The predicted molar refractivity (Wildman–Crippen MR) is 182 cm³/mol. The molecule has 50 heavy (non-hydrogen) atoms. The van der Waals surface area contributed by atoms with E-state index in [0.717, 1.165) is 11.1 Å². The molecule has 0 saturated carbocycles. The van der Waals surface area contributed by atoms with Crippen LogP contribution in [-0.2, 0) is 20.8 Å². The maximum absolute atomic E-state index is 13.6. The Bertz CT molecular complexity index is 1480. The maximum atomic E-state index is 13.6. The molecule has 274 valence electrons. The molecule has 0 radical (unpaired) electrons. The van der Waals surface area contributed by atoms with Crippen molar-refractivity contribution in [2.75, 3.05) is 73.6 Å². The third-order valence-electron chi connectivity index (χ3n) is 9.08. The first-order valence-corrected chi connectivity index (χ1v) is 15.9. The number of carbonyl (C=O) groups excluding carboxylic acids is 1. The lowest BCUT2D eigenvalue weighted by Gasteiger charge is -2.54. The van der Waals surface area contributed by atoms with Gasteiger partial charge in [-0.1, -0.05) is 60.7 Å². The number of fused-ring (bicyclic) bond motifs is 1. The van der Waals surface area contributed by atoms with Gasteiger partial charge in [0, 0.05) is 57.3 Å². The minimum absolute atomic E-state index is 0. The zero-order valence-corrected chi connectivity index (χ0v) is 29.4. The molecule has 1 amide bonds. The molecule has 3 aliphatic heterocycles. The average Bonchev–Trinajstić information content (AvgIpc) is 3.11. The number of amides is 1. The Kier molecular flexibility index (Phi) is 13.9. The second-order valence-corrected chi connectivity index (χ2v) is 12.2. The largest absolute Gasteiger partial charge is 0.481 e. The van der Waals surface area contributed by atoms with Crippen LogP contribution in [0.25, 0.3) is 0 Å². The van der Waals surface area contributed by atoms with E-state index < -0.39 is 12.8 Å². The van der Waals surface area contributed by atoms with Crippen LogP contribution < -0.4 is 14.2 Å². The summed E-state index contributed by atoms with van der Waals surface area (Å²) in [7, 11) is 2.71. The fourth-order valence-corrected chi connectivity index (χ4v) is 7.00. The standard InChI is InChI=1S/C34H40F3N5O6.2ClH/c1-44-30-27(31(39-33(38-30)45-2)48-21-34(35,36)37)17-40-15-26-16-41(32(43)25-19-46-22-47-20-25)13-14-42(26)28(18-40)29(23-9-5-3-6-10-23)24-11-7-4-8-12-24;;/h3-12,25-26,28-29H,13-22H2,1-2H3;2*1H/t26-,28?;;/m1../s1. The van der Waals surface area contributed by atoms with E-state index in [1.165, 1.54) is 14.2 Å². The van der Waals surface area contributed by atoms with Crippen LogP contribution in [0.1, 0.15) is 22.6 Å². The molecule has 2 aromatic carbocycles. The number of halogens is 5. The van der Waals surface area contributed by atoms with Crippen molar-refractivity contribution >= 4 is 30.7 Å².